The Balaban J connectivity index is 1.76. The van der Waals surface area contributed by atoms with Crippen LogP contribution in [0.25, 0.3) is 0 Å². The van der Waals surface area contributed by atoms with E-state index in [9.17, 15) is 4.79 Å². The maximum absolute atomic E-state index is 12.0. The SMILES string of the molecule is CCCC(CC(=O)NCCc1ncn[nH]1)n1ccnc1. The highest BCUT2D eigenvalue weighted by molar-refractivity contribution is 5.76. The zero-order chi connectivity index (χ0) is 14.2. The third-order valence-electron chi connectivity index (χ3n) is 3.14. The van der Waals surface area contributed by atoms with Gasteiger partial charge in [0, 0.05) is 37.8 Å². The molecule has 0 saturated heterocycles. The minimum atomic E-state index is 0.0525. The highest BCUT2D eigenvalue weighted by atomic mass is 16.1. The number of aromatic amines is 1. The molecule has 2 N–H and O–H groups in total. The molecule has 2 heterocycles. The van der Waals surface area contributed by atoms with E-state index in [1.807, 2.05) is 10.8 Å². The van der Waals surface area contributed by atoms with Gasteiger partial charge < -0.3 is 9.88 Å². The summed E-state index contributed by atoms with van der Waals surface area (Å²) in [7, 11) is 0. The van der Waals surface area contributed by atoms with Crippen LogP contribution in [0.1, 0.15) is 38.1 Å². The first-order chi connectivity index (χ1) is 9.79. The minimum Gasteiger partial charge on any atom is -0.356 e. The van der Waals surface area contributed by atoms with Gasteiger partial charge in [-0.05, 0) is 6.42 Å². The van der Waals surface area contributed by atoms with Crippen LogP contribution >= 0.6 is 0 Å². The van der Waals surface area contributed by atoms with Crippen LogP contribution in [-0.2, 0) is 11.2 Å². The van der Waals surface area contributed by atoms with Crippen molar-refractivity contribution in [1.29, 1.82) is 0 Å². The fourth-order valence-electron chi connectivity index (χ4n) is 2.13. The number of nitrogens with one attached hydrogen (secondary N) is 2. The monoisotopic (exact) mass is 276 g/mol. The Kier molecular flexibility index (Phi) is 5.28. The summed E-state index contributed by atoms with van der Waals surface area (Å²) in [6.07, 6.45) is 10.0. The van der Waals surface area contributed by atoms with Gasteiger partial charge in [0.25, 0.3) is 0 Å². The molecule has 0 bridgehead atoms. The number of rotatable bonds is 8. The maximum atomic E-state index is 12.0. The molecular weight excluding hydrogens is 256 g/mol. The van der Waals surface area contributed by atoms with Crippen LogP contribution in [0.2, 0.25) is 0 Å². The van der Waals surface area contributed by atoms with Gasteiger partial charge in [0.2, 0.25) is 5.91 Å². The predicted octanol–water partition coefficient (Wildman–Crippen LogP) is 1.09. The van der Waals surface area contributed by atoms with Gasteiger partial charge in [-0.15, -0.1) is 0 Å². The number of amides is 1. The molecule has 2 aromatic heterocycles. The van der Waals surface area contributed by atoms with E-state index in [0.717, 1.165) is 18.7 Å². The molecule has 1 atom stereocenters. The van der Waals surface area contributed by atoms with Gasteiger partial charge in [0.15, 0.2) is 0 Å². The quantitative estimate of drug-likeness (QED) is 0.755. The zero-order valence-electron chi connectivity index (χ0n) is 11.6. The highest BCUT2D eigenvalue weighted by Gasteiger charge is 2.14. The molecule has 7 heteroatoms. The lowest BCUT2D eigenvalue weighted by molar-refractivity contribution is -0.121. The average molecular weight is 276 g/mol. The van der Waals surface area contributed by atoms with Crippen molar-refractivity contribution in [2.45, 2.75) is 38.6 Å². The minimum absolute atomic E-state index is 0.0525. The van der Waals surface area contributed by atoms with Crippen molar-refractivity contribution in [3.63, 3.8) is 0 Å². The Morgan fingerprint density at radius 2 is 2.45 bits per heavy atom. The molecule has 0 spiro atoms. The summed E-state index contributed by atoms with van der Waals surface area (Å²) in [6.45, 7) is 2.68. The summed E-state index contributed by atoms with van der Waals surface area (Å²) in [5.74, 6) is 0.835. The lowest BCUT2D eigenvalue weighted by atomic mass is 10.1. The first-order valence-corrected chi connectivity index (χ1v) is 6.88. The van der Waals surface area contributed by atoms with Crippen LogP contribution in [0.4, 0.5) is 0 Å². The zero-order valence-corrected chi connectivity index (χ0v) is 11.6. The number of hydrogen-bond acceptors (Lipinski definition) is 4. The Labute approximate surface area is 117 Å². The van der Waals surface area contributed by atoms with Gasteiger partial charge in [-0.25, -0.2) is 9.97 Å². The van der Waals surface area contributed by atoms with Crippen molar-refractivity contribution in [1.82, 2.24) is 30.0 Å². The average Bonchev–Trinajstić information content (AvgIpc) is 3.11. The van der Waals surface area contributed by atoms with Crippen molar-refractivity contribution in [2.75, 3.05) is 6.54 Å². The first-order valence-electron chi connectivity index (χ1n) is 6.88. The van der Waals surface area contributed by atoms with Crippen molar-refractivity contribution in [3.05, 3.63) is 30.9 Å². The standard InChI is InChI=1S/C13H20N6O/c1-2-3-11(19-7-6-14-10-19)8-13(20)15-5-4-12-16-9-17-18-12/h6-7,9-11H,2-5,8H2,1H3,(H,15,20)(H,16,17,18). The lowest BCUT2D eigenvalue weighted by Crippen LogP contribution is -2.28. The Morgan fingerprint density at radius 3 is 3.10 bits per heavy atom. The number of carbonyl (C=O) groups is 1. The molecule has 2 aromatic rings. The Morgan fingerprint density at radius 1 is 1.55 bits per heavy atom. The second-order valence-electron chi connectivity index (χ2n) is 4.69. The van der Waals surface area contributed by atoms with E-state index in [1.165, 1.54) is 6.33 Å². The van der Waals surface area contributed by atoms with Gasteiger partial charge in [-0.3, -0.25) is 9.89 Å². The molecule has 0 aliphatic rings. The van der Waals surface area contributed by atoms with E-state index in [0.29, 0.717) is 19.4 Å². The fraction of sp³-hybridized carbons (Fsp3) is 0.538. The van der Waals surface area contributed by atoms with Crippen molar-refractivity contribution < 1.29 is 4.79 Å². The number of imidazole rings is 1. The molecule has 108 valence electrons. The smallest absolute Gasteiger partial charge is 0.222 e. The largest absolute Gasteiger partial charge is 0.356 e. The van der Waals surface area contributed by atoms with E-state index in [2.05, 4.69) is 32.4 Å². The van der Waals surface area contributed by atoms with Crippen LogP contribution in [0.5, 0.6) is 0 Å². The Bertz CT molecular complexity index is 493. The number of nitrogens with zero attached hydrogens (tertiary/aromatic N) is 4. The van der Waals surface area contributed by atoms with Crippen molar-refractivity contribution >= 4 is 5.91 Å². The summed E-state index contributed by atoms with van der Waals surface area (Å²) < 4.78 is 2.00. The van der Waals surface area contributed by atoms with Gasteiger partial charge in [-0.1, -0.05) is 13.3 Å². The number of aromatic nitrogens is 5. The molecule has 2 rings (SSSR count). The van der Waals surface area contributed by atoms with Gasteiger partial charge in [0.05, 0.1) is 6.33 Å². The highest BCUT2D eigenvalue weighted by Crippen LogP contribution is 2.17. The maximum Gasteiger partial charge on any atom is 0.222 e. The van der Waals surface area contributed by atoms with Crippen molar-refractivity contribution in [2.24, 2.45) is 0 Å². The molecule has 0 fully saturated rings. The van der Waals surface area contributed by atoms with Crippen LogP contribution in [0.15, 0.2) is 25.0 Å². The van der Waals surface area contributed by atoms with E-state index in [-0.39, 0.29) is 11.9 Å². The summed E-state index contributed by atoms with van der Waals surface area (Å²) in [4.78, 5) is 20.0. The lowest BCUT2D eigenvalue weighted by Gasteiger charge is -2.17. The molecule has 20 heavy (non-hydrogen) atoms. The second kappa shape index (κ2) is 7.42. The van der Waals surface area contributed by atoms with E-state index < -0.39 is 0 Å². The van der Waals surface area contributed by atoms with Crippen LogP contribution < -0.4 is 5.32 Å². The summed E-state index contributed by atoms with van der Waals surface area (Å²) in [5.41, 5.74) is 0. The molecule has 0 radical (unpaired) electrons. The molecule has 0 saturated carbocycles. The summed E-state index contributed by atoms with van der Waals surface area (Å²) in [5, 5.41) is 9.45. The van der Waals surface area contributed by atoms with Crippen molar-refractivity contribution in [3.8, 4) is 0 Å². The number of hydrogen-bond donors (Lipinski definition) is 2. The molecule has 1 amide bonds. The summed E-state index contributed by atoms with van der Waals surface area (Å²) >= 11 is 0. The molecule has 7 nitrogen and oxygen atoms in total. The molecular formula is C13H20N6O. The van der Waals surface area contributed by atoms with Gasteiger partial charge in [0.1, 0.15) is 12.2 Å². The third-order valence-corrected chi connectivity index (χ3v) is 3.14. The van der Waals surface area contributed by atoms with E-state index >= 15 is 0 Å². The Hall–Kier alpha value is -2.18. The second-order valence-corrected chi connectivity index (χ2v) is 4.69. The van der Waals surface area contributed by atoms with Gasteiger partial charge >= 0.3 is 0 Å². The van der Waals surface area contributed by atoms with Crippen LogP contribution in [0, 0.1) is 0 Å². The predicted molar refractivity (Wildman–Crippen MR) is 73.9 cm³/mol. The molecule has 1 unspecified atom stereocenters. The summed E-state index contributed by atoms with van der Waals surface area (Å²) in [6, 6.07) is 0.174. The number of carbonyl (C=O) groups excluding carboxylic acids is 1. The van der Waals surface area contributed by atoms with E-state index in [1.54, 1.807) is 12.5 Å². The third kappa shape index (κ3) is 4.18. The molecule has 0 aromatic carbocycles. The first kappa shape index (κ1) is 14.2. The normalized spacial score (nSPS) is 12.2. The number of H-pyrrole nitrogens is 1. The van der Waals surface area contributed by atoms with E-state index in [4.69, 9.17) is 0 Å². The van der Waals surface area contributed by atoms with Crippen LogP contribution in [-0.4, -0.2) is 37.2 Å². The topological polar surface area (TPSA) is 88.5 Å². The molecule has 0 aliphatic carbocycles. The van der Waals surface area contributed by atoms with Gasteiger partial charge in [-0.2, -0.15) is 5.10 Å². The van der Waals surface area contributed by atoms with Crippen LogP contribution in [0.3, 0.4) is 0 Å². The fourth-order valence-corrected chi connectivity index (χ4v) is 2.13. The molecule has 0 aliphatic heterocycles.